The molecule has 0 fully saturated rings. The number of thiophene rings is 1. The molecular weight excluding hydrogens is 349 g/mol. The van der Waals surface area contributed by atoms with Gasteiger partial charge in [-0.25, -0.2) is 0 Å². The van der Waals surface area contributed by atoms with Gasteiger partial charge in [-0.05, 0) is 57.6 Å². The van der Waals surface area contributed by atoms with Crippen molar-refractivity contribution in [3.63, 3.8) is 0 Å². The molecule has 0 aliphatic heterocycles. The Bertz CT molecular complexity index is 699. The van der Waals surface area contributed by atoms with E-state index in [9.17, 15) is 19.7 Å². The van der Waals surface area contributed by atoms with Crippen molar-refractivity contribution in [1.29, 1.82) is 0 Å². The van der Waals surface area contributed by atoms with E-state index >= 15 is 0 Å². The van der Waals surface area contributed by atoms with Gasteiger partial charge in [0.2, 0.25) is 10.5 Å². The molecule has 2 rings (SSSR count). The first kappa shape index (κ1) is 16.6. The minimum Gasteiger partial charge on any atom is -0.280 e. The summed E-state index contributed by atoms with van der Waals surface area (Å²) in [4.78, 5) is 34.0. The Morgan fingerprint density at radius 1 is 1.14 bits per heavy atom. The van der Waals surface area contributed by atoms with Crippen LogP contribution >= 0.6 is 34.5 Å². The first-order valence-electron chi connectivity index (χ1n) is 6.04. The third-order valence-corrected chi connectivity index (χ3v) is 4.63. The molecule has 0 aliphatic carbocycles. The van der Waals surface area contributed by atoms with Crippen LogP contribution in [0.1, 0.15) is 11.1 Å². The minimum atomic E-state index is -1.70. The first-order chi connectivity index (χ1) is 10.4. The third-order valence-electron chi connectivity index (χ3n) is 3.30. The van der Waals surface area contributed by atoms with Gasteiger partial charge in [-0.3, -0.25) is 19.7 Å². The van der Waals surface area contributed by atoms with E-state index in [4.69, 9.17) is 23.2 Å². The van der Waals surface area contributed by atoms with Gasteiger partial charge in [-0.2, -0.15) is 11.3 Å². The summed E-state index contributed by atoms with van der Waals surface area (Å²) in [5.74, 6) is 0. The van der Waals surface area contributed by atoms with Crippen molar-refractivity contribution >= 4 is 50.7 Å². The lowest BCUT2D eigenvalue weighted by atomic mass is 9.79. The van der Waals surface area contributed by atoms with Crippen LogP contribution in [0, 0.1) is 10.1 Å². The molecule has 0 aliphatic rings. The highest BCUT2D eigenvalue weighted by Crippen LogP contribution is 2.35. The number of nitro groups is 1. The smallest absolute Gasteiger partial charge is 0.269 e. The zero-order valence-corrected chi connectivity index (χ0v) is 13.3. The van der Waals surface area contributed by atoms with Gasteiger partial charge >= 0.3 is 0 Å². The Hall–Kier alpha value is -1.76. The molecule has 0 spiro atoms. The topological polar surface area (TPSA) is 77.3 Å². The molecule has 1 aromatic carbocycles. The summed E-state index contributed by atoms with van der Waals surface area (Å²) >= 11 is 12.6. The zero-order valence-electron chi connectivity index (χ0n) is 11.0. The molecule has 2 aromatic rings. The highest BCUT2D eigenvalue weighted by atomic mass is 35.5. The molecule has 22 heavy (non-hydrogen) atoms. The Morgan fingerprint density at radius 2 is 1.73 bits per heavy atom. The monoisotopic (exact) mass is 357 g/mol. The average Bonchev–Trinajstić information content (AvgIpc) is 2.98. The highest BCUT2D eigenvalue weighted by Gasteiger charge is 2.46. The molecule has 0 bridgehead atoms. The lowest BCUT2D eigenvalue weighted by Crippen LogP contribution is -2.41. The van der Waals surface area contributed by atoms with Gasteiger partial charge in [0.05, 0.1) is 4.92 Å². The molecule has 1 heterocycles. The van der Waals surface area contributed by atoms with E-state index in [1.165, 1.54) is 35.6 Å². The van der Waals surface area contributed by atoms with Crippen LogP contribution in [-0.2, 0) is 21.4 Å². The molecule has 8 heteroatoms. The Morgan fingerprint density at radius 3 is 2.14 bits per heavy atom. The van der Waals surface area contributed by atoms with Crippen molar-refractivity contribution in [3.8, 4) is 0 Å². The molecule has 114 valence electrons. The lowest BCUT2D eigenvalue weighted by Gasteiger charge is -2.25. The van der Waals surface area contributed by atoms with E-state index in [0.29, 0.717) is 11.1 Å². The van der Waals surface area contributed by atoms with E-state index in [1.54, 1.807) is 16.8 Å². The maximum atomic E-state index is 11.9. The summed E-state index contributed by atoms with van der Waals surface area (Å²) in [5.41, 5.74) is -0.825. The van der Waals surface area contributed by atoms with E-state index in [1.807, 2.05) is 0 Å². The zero-order chi connectivity index (χ0) is 16.3. The highest BCUT2D eigenvalue weighted by molar-refractivity contribution is 7.08. The predicted octanol–water partition coefficient (Wildman–Crippen LogP) is 3.67. The normalized spacial score (nSPS) is 11.2. The summed E-state index contributed by atoms with van der Waals surface area (Å²) < 4.78 is 0. The van der Waals surface area contributed by atoms with Crippen LogP contribution in [0.5, 0.6) is 0 Å². The van der Waals surface area contributed by atoms with Gasteiger partial charge in [0.1, 0.15) is 5.41 Å². The van der Waals surface area contributed by atoms with Crippen LogP contribution in [0.3, 0.4) is 0 Å². The van der Waals surface area contributed by atoms with Crippen molar-refractivity contribution in [2.24, 2.45) is 0 Å². The number of nitrogens with zero attached hydrogens (tertiary/aromatic N) is 1. The Labute approximate surface area is 139 Å². The van der Waals surface area contributed by atoms with Gasteiger partial charge in [0.25, 0.3) is 5.69 Å². The van der Waals surface area contributed by atoms with Crippen LogP contribution in [0.2, 0.25) is 0 Å². The fourth-order valence-electron chi connectivity index (χ4n) is 2.09. The number of hydrogen-bond acceptors (Lipinski definition) is 5. The van der Waals surface area contributed by atoms with E-state index < -0.39 is 20.8 Å². The second kappa shape index (κ2) is 6.56. The molecule has 0 unspecified atom stereocenters. The van der Waals surface area contributed by atoms with Crippen LogP contribution in [0.15, 0.2) is 41.1 Å². The van der Waals surface area contributed by atoms with Crippen molar-refractivity contribution < 1.29 is 14.5 Å². The van der Waals surface area contributed by atoms with Crippen molar-refractivity contribution in [3.05, 3.63) is 62.3 Å². The SMILES string of the molecule is O=C(Cl)C(Cc1ccc([N+](=O)[O-])cc1)(C(=O)Cl)c1ccsc1. The fourth-order valence-corrected chi connectivity index (χ4v) is 3.40. The van der Waals surface area contributed by atoms with Crippen LogP contribution in [-0.4, -0.2) is 15.4 Å². The molecular formula is C14H9Cl2NO4S. The summed E-state index contributed by atoms with van der Waals surface area (Å²) in [6.45, 7) is 0. The Balaban J connectivity index is 2.45. The quantitative estimate of drug-likeness (QED) is 0.342. The molecule has 5 nitrogen and oxygen atoms in total. The average molecular weight is 358 g/mol. The van der Waals surface area contributed by atoms with Crippen molar-refractivity contribution in [2.75, 3.05) is 0 Å². The molecule has 1 aromatic heterocycles. The van der Waals surface area contributed by atoms with Gasteiger partial charge < -0.3 is 0 Å². The van der Waals surface area contributed by atoms with Crippen molar-refractivity contribution in [1.82, 2.24) is 0 Å². The predicted molar refractivity (Wildman–Crippen MR) is 84.5 cm³/mol. The number of non-ortho nitro benzene ring substituents is 1. The molecule has 0 saturated heterocycles. The van der Waals surface area contributed by atoms with E-state index in [2.05, 4.69) is 0 Å². The second-order valence-corrected chi connectivity index (χ2v) is 6.03. The third kappa shape index (κ3) is 3.04. The maximum absolute atomic E-state index is 11.9. The Kier molecular flexibility index (Phi) is 4.95. The van der Waals surface area contributed by atoms with E-state index in [0.717, 1.165) is 0 Å². The number of carbonyl (C=O) groups excluding carboxylic acids is 2. The molecule has 0 atom stereocenters. The number of benzene rings is 1. The van der Waals surface area contributed by atoms with Gasteiger partial charge in [-0.15, -0.1) is 0 Å². The number of carbonyl (C=O) groups is 2. The van der Waals surface area contributed by atoms with Crippen LogP contribution in [0.4, 0.5) is 5.69 Å². The number of hydrogen-bond donors (Lipinski definition) is 0. The molecule has 0 amide bonds. The molecule has 0 radical (unpaired) electrons. The minimum absolute atomic E-state index is 0.0631. The van der Waals surface area contributed by atoms with Crippen LogP contribution in [0.25, 0.3) is 0 Å². The molecule has 0 N–H and O–H groups in total. The number of nitro benzene ring substituents is 1. The standard InChI is InChI=1S/C14H9Cl2NO4S/c15-12(18)14(13(16)19,10-5-6-22-8-10)7-9-1-3-11(4-2-9)17(20)21/h1-6,8H,7H2. The molecule has 0 saturated carbocycles. The second-order valence-electron chi connectivity index (χ2n) is 4.57. The first-order valence-corrected chi connectivity index (χ1v) is 7.73. The van der Waals surface area contributed by atoms with Gasteiger partial charge in [0.15, 0.2) is 0 Å². The van der Waals surface area contributed by atoms with Crippen molar-refractivity contribution in [2.45, 2.75) is 11.8 Å². The summed E-state index contributed by atoms with van der Waals surface area (Å²) in [6, 6.07) is 7.14. The maximum Gasteiger partial charge on any atom is 0.269 e. The van der Waals surface area contributed by atoms with Gasteiger partial charge in [-0.1, -0.05) is 12.1 Å². The largest absolute Gasteiger partial charge is 0.280 e. The summed E-state index contributed by atoms with van der Waals surface area (Å²) in [5, 5.41) is 12.2. The van der Waals surface area contributed by atoms with Gasteiger partial charge in [0, 0.05) is 12.1 Å². The number of rotatable bonds is 6. The summed E-state index contributed by atoms with van der Waals surface area (Å²) in [7, 11) is 0. The van der Waals surface area contributed by atoms with E-state index in [-0.39, 0.29) is 12.1 Å². The van der Waals surface area contributed by atoms with Crippen LogP contribution < -0.4 is 0 Å². The lowest BCUT2D eigenvalue weighted by molar-refractivity contribution is -0.384. The summed E-state index contributed by atoms with van der Waals surface area (Å²) in [6.07, 6.45) is -0.0631. The fraction of sp³-hybridized carbons (Fsp3) is 0.143. The number of halogens is 2.